The summed E-state index contributed by atoms with van der Waals surface area (Å²) in [6.45, 7) is 2.75. The number of carbonyl (C=O) groups excluding carboxylic acids is 1. The average Bonchev–Trinajstić information content (AvgIpc) is 3.00. The van der Waals surface area contributed by atoms with E-state index in [9.17, 15) is 13.2 Å². The van der Waals surface area contributed by atoms with Gasteiger partial charge < -0.3 is 14.6 Å². The van der Waals surface area contributed by atoms with Crippen molar-refractivity contribution >= 4 is 15.7 Å². The van der Waals surface area contributed by atoms with Crippen LogP contribution in [-0.4, -0.2) is 44.7 Å². The van der Waals surface area contributed by atoms with Crippen LogP contribution in [0.15, 0.2) is 33.7 Å². The highest BCUT2D eigenvalue weighted by Crippen LogP contribution is 2.16. The maximum Gasteiger partial charge on any atom is 0.227 e. The normalized spacial score (nSPS) is 11.4. The van der Waals surface area contributed by atoms with Crippen LogP contribution in [0.1, 0.15) is 23.7 Å². The van der Waals surface area contributed by atoms with Gasteiger partial charge in [-0.1, -0.05) is 22.9 Å². The van der Waals surface area contributed by atoms with Gasteiger partial charge in [-0.05, 0) is 19.1 Å². The highest BCUT2D eigenvalue weighted by Gasteiger charge is 2.19. The SMILES string of the molecule is COCCNC(=O)CCc1nc(CS(=O)(=O)c2ccc(C)cc2)no1. The molecule has 0 aliphatic carbocycles. The quantitative estimate of drug-likeness (QED) is 0.659. The molecule has 0 saturated heterocycles. The second-order valence-corrected chi connectivity index (χ2v) is 7.51. The van der Waals surface area contributed by atoms with Crippen molar-refractivity contribution in [2.75, 3.05) is 20.3 Å². The van der Waals surface area contributed by atoms with E-state index >= 15 is 0 Å². The third-order valence-corrected chi connectivity index (χ3v) is 5.03. The third kappa shape index (κ3) is 5.95. The van der Waals surface area contributed by atoms with Crippen LogP contribution in [0.4, 0.5) is 0 Å². The Kier molecular flexibility index (Phi) is 6.65. The summed E-state index contributed by atoms with van der Waals surface area (Å²) in [5.74, 6) is -0.199. The standard InChI is InChI=1S/C16H21N3O5S/c1-12-3-5-13(6-4-12)25(21,22)11-14-18-16(24-19-14)8-7-15(20)17-9-10-23-2/h3-6H,7-11H2,1-2H3,(H,17,20). The minimum absolute atomic E-state index is 0.0790. The van der Waals surface area contributed by atoms with Crippen molar-refractivity contribution in [2.45, 2.75) is 30.4 Å². The number of methoxy groups -OCH3 is 1. The lowest BCUT2D eigenvalue weighted by Crippen LogP contribution is -2.27. The lowest BCUT2D eigenvalue weighted by molar-refractivity contribution is -0.121. The van der Waals surface area contributed by atoms with Crippen molar-refractivity contribution < 1.29 is 22.5 Å². The Morgan fingerprint density at radius 3 is 2.68 bits per heavy atom. The number of amides is 1. The predicted octanol–water partition coefficient (Wildman–Crippen LogP) is 1.05. The van der Waals surface area contributed by atoms with Crippen molar-refractivity contribution in [3.05, 3.63) is 41.5 Å². The minimum Gasteiger partial charge on any atom is -0.383 e. The summed E-state index contributed by atoms with van der Waals surface area (Å²) in [6.07, 6.45) is 0.423. The number of ether oxygens (including phenoxy) is 1. The Labute approximate surface area is 146 Å². The Bertz CT molecular complexity index is 799. The van der Waals surface area contributed by atoms with Crippen LogP contribution >= 0.6 is 0 Å². The molecule has 1 aromatic heterocycles. The van der Waals surface area contributed by atoms with Crippen LogP contribution in [0.25, 0.3) is 0 Å². The molecule has 1 amide bonds. The predicted molar refractivity (Wildman–Crippen MR) is 89.6 cm³/mol. The molecule has 9 heteroatoms. The number of hydrogen-bond acceptors (Lipinski definition) is 7. The first-order valence-corrected chi connectivity index (χ1v) is 9.42. The van der Waals surface area contributed by atoms with E-state index in [1.54, 1.807) is 31.4 Å². The molecular weight excluding hydrogens is 346 g/mol. The van der Waals surface area contributed by atoms with Crippen molar-refractivity contribution in [3.63, 3.8) is 0 Å². The molecule has 0 aliphatic rings. The third-order valence-electron chi connectivity index (χ3n) is 3.40. The van der Waals surface area contributed by atoms with Gasteiger partial charge in [0.25, 0.3) is 0 Å². The summed E-state index contributed by atoms with van der Waals surface area (Å²) in [7, 11) is -1.99. The van der Waals surface area contributed by atoms with Crippen LogP contribution in [0.3, 0.4) is 0 Å². The van der Waals surface area contributed by atoms with Crippen LogP contribution in [0.2, 0.25) is 0 Å². The van der Waals surface area contributed by atoms with Crippen LogP contribution in [-0.2, 0) is 31.5 Å². The van der Waals surface area contributed by atoms with Crippen LogP contribution < -0.4 is 5.32 Å². The van der Waals surface area contributed by atoms with Crippen molar-refractivity contribution in [2.24, 2.45) is 0 Å². The lowest BCUT2D eigenvalue weighted by atomic mass is 10.2. The summed E-state index contributed by atoms with van der Waals surface area (Å²) in [5.41, 5.74) is 0.976. The van der Waals surface area contributed by atoms with Gasteiger partial charge in [0.2, 0.25) is 11.8 Å². The molecule has 136 valence electrons. The van der Waals surface area contributed by atoms with E-state index < -0.39 is 9.84 Å². The van der Waals surface area contributed by atoms with Crippen molar-refractivity contribution in [3.8, 4) is 0 Å². The van der Waals surface area contributed by atoms with E-state index in [2.05, 4.69) is 15.5 Å². The molecule has 0 fully saturated rings. The summed E-state index contributed by atoms with van der Waals surface area (Å²) < 4.78 is 34.5. The van der Waals surface area contributed by atoms with Gasteiger partial charge in [0.15, 0.2) is 15.7 Å². The molecular formula is C16H21N3O5S. The van der Waals surface area contributed by atoms with Crippen molar-refractivity contribution in [1.82, 2.24) is 15.5 Å². The zero-order valence-corrected chi connectivity index (χ0v) is 15.0. The Morgan fingerprint density at radius 2 is 2.00 bits per heavy atom. The zero-order valence-electron chi connectivity index (χ0n) is 14.2. The molecule has 2 rings (SSSR count). The number of sulfone groups is 1. The first-order chi connectivity index (χ1) is 11.9. The molecule has 0 radical (unpaired) electrons. The van der Waals surface area contributed by atoms with E-state index in [1.165, 1.54) is 0 Å². The molecule has 8 nitrogen and oxygen atoms in total. The van der Waals surface area contributed by atoms with Gasteiger partial charge in [-0.25, -0.2) is 8.42 Å². The van der Waals surface area contributed by atoms with Crippen LogP contribution in [0.5, 0.6) is 0 Å². The van der Waals surface area contributed by atoms with E-state index in [1.807, 2.05) is 6.92 Å². The van der Waals surface area contributed by atoms with Gasteiger partial charge in [0.1, 0.15) is 5.75 Å². The number of nitrogens with zero attached hydrogens (tertiary/aromatic N) is 2. The number of aryl methyl sites for hydroxylation is 2. The first kappa shape index (κ1) is 19.1. The second-order valence-electron chi connectivity index (χ2n) is 5.52. The van der Waals surface area contributed by atoms with Gasteiger partial charge in [-0.3, -0.25) is 4.79 Å². The molecule has 25 heavy (non-hydrogen) atoms. The first-order valence-electron chi connectivity index (χ1n) is 7.77. The number of nitrogens with one attached hydrogen (secondary N) is 1. The summed E-state index contributed by atoms with van der Waals surface area (Å²) in [6, 6.07) is 6.57. The van der Waals surface area contributed by atoms with E-state index in [0.29, 0.717) is 13.2 Å². The monoisotopic (exact) mass is 367 g/mol. The van der Waals surface area contributed by atoms with Gasteiger partial charge in [-0.15, -0.1) is 0 Å². The Hall–Kier alpha value is -2.26. The molecule has 1 N–H and O–H groups in total. The number of rotatable bonds is 9. The fourth-order valence-electron chi connectivity index (χ4n) is 2.05. The maximum absolute atomic E-state index is 12.3. The number of carbonyl (C=O) groups is 1. The molecule has 1 heterocycles. The topological polar surface area (TPSA) is 111 Å². The highest BCUT2D eigenvalue weighted by molar-refractivity contribution is 7.90. The maximum atomic E-state index is 12.3. The molecule has 0 aliphatic heterocycles. The summed E-state index contributed by atoms with van der Waals surface area (Å²) >= 11 is 0. The molecule has 2 aromatic rings. The molecule has 0 bridgehead atoms. The average molecular weight is 367 g/mol. The van der Waals surface area contributed by atoms with Gasteiger partial charge in [0, 0.05) is 26.5 Å². The highest BCUT2D eigenvalue weighted by atomic mass is 32.2. The summed E-state index contributed by atoms with van der Waals surface area (Å²) in [5, 5.41) is 6.36. The number of hydrogen-bond donors (Lipinski definition) is 1. The fraction of sp³-hybridized carbons (Fsp3) is 0.438. The van der Waals surface area contributed by atoms with Gasteiger partial charge in [-0.2, -0.15) is 4.98 Å². The molecule has 0 unspecified atom stereocenters. The Morgan fingerprint density at radius 1 is 1.28 bits per heavy atom. The number of aromatic nitrogens is 2. The molecule has 0 atom stereocenters. The smallest absolute Gasteiger partial charge is 0.227 e. The number of benzene rings is 1. The lowest BCUT2D eigenvalue weighted by Gasteiger charge is -2.02. The summed E-state index contributed by atoms with van der Waals surface area (Å²) in [4.78, 5) is 15.8. The molecule has 0 spiro atoms. The fourth-order valence-corrected chi connectivity index (χ4v) is 3.23. The zero-order chi connectivity index (χ0) is 18.3. The minimum atomic E-state index is -3.54. The molecule has 1 aromatic carbocycles. The van der Waals surface area contributed by atoms with E-state index in [4.69, 9.17) is 9.26 Å². The van der Waals surface area contributed by atoms with Crippen LogP contribution in [0, 0.1) is 6.92 Å². The molecule has 0 saturated carbocycles. The van der Waals surface area contributed by atoms with Crippen molar-refractivity contribution in [1.29, 1.82) is 0 Å². The van der Waals surface area contributed by atoms with Gasteiger partial charge >= 0.3 is 0 Å². The largest absolute Gasteiger partial charge is 0.383 e. The second kappa shape index (κ2) is 8.72. The van der Waals surface area contributed by atoms with E-state index in [0.717, 1.165) is 5.56 Å². The van der Waals surface area contributed by atoms with Gasteiger partial charge in [0.05, 0.1) is 11.5 Å². The van der Waals surface area contributed by atoms with E-state index in [-0.39, 0.29) is 41.1 Å². The Balaban J connectivity index is 1.90.